The van der Waals surface area contributed by atoms with Gasteiger partial charge in [-0.15, -0.1) is 0 Å². The van der Waals surface area contributed by atoms with Crippen LogP contribution in [0.3, 0.4) is 0 Å². The van der Waals surface area contributed by atoms with E-state index in [9.17, 15) is 4.79 Å². The lowest BCUT2D eigenvalue weighted by molar-refractivity contribution is 0.101. The first-order chi connectivity index (χ1) is 7.77. The molecule has 0 N–H and O–H groups in total. The van der Waals surface area contributed by atoms with Crippen LogP contribution in [-0.2, 0) is 0 Å². The van der Waals surface area contributed by atoms with E-state index in [1.54, 1.807) is 13.1 Å². The topological polar surface area (TPSA) is 42.9 Å². The van der Waals surface area contributed by atoms with Crippen LogP contribution in [0, 0.1) is 0 Å². The number of ketones is 1. The van der Waals surface area contributed by atoms with E-state index in [1.165, 1.54) is 18.1 Å². The van der Waals surface area contributed by atoms with E-state index < -0.39 is 0 Å². The Morgan fingerprint density at radius 1 is 1.25 bits per heavy atom. The zero-order valence-corrected chi connectivity index (χ0v) is 9.57. The number of Topliss-reactive ketones (excluding diaryl/α,β-unsaturated/α-hetero) is 1. The number of rotatable bonds is 3. The Morgan fingerprint density at radius 2 is 2.06 bits per heavy atom. The molecule has 0 bridgehead atoms. The smallest absolute Gasteiger partial charge is 0.160 e. The molecule has 0 aliphatic rings. The normalized spacial score (nSPS) is 10.1. The first-order valence-corrected chi connectivity index (χ1v) is 5.63. The Bertz CT molecular complexity index is 499. The van der Waals surface area contributed by atoms with Gasteiger partial charge in [-0.2, -0.15) is 0 Å². The second-order valence-electron chi connectivity index (χ2n) is 3.20. The third kappa shape index (κ3) is 2.46. The summed E-state index contributed by atoms with van der Waals surface area (Å²) in [5.41, 5.74) is 0.728. The van der Waals surface area contributed by atoms with Gasteiger partial charge in [0.1, 0.15) is 11.4 Å². The molecule has 2 aromatic rings. The van der Waals surface area contributed by atoms with Crippen molar-refractivity contribution in [2.75, 3.05) is 0 Å². The van der Waals surface area contributed by atoms with Gasteiger partial charge in [-0.1, -0.05) is 30.0 Å². The van der Waals surface area contributed by atoms with Gasteiger partial charge in [-0.3, -0.25) is 4.79 Å². The second-order valence-corrected chi connectivity index (χ2v) is 4.26. The molecule has 0 saturated carbocycles. The van der Waals surface area contributed by atoms with Gasteiger partial charge in [0.2, 0.25) is 0 Å². The Balaban J connectivity index is 2.31. The fraction of sp³-hybridized carbons (Fsp3) is 0.0833. The predicted octanol–water partition coefficient (Wildman–Crippen LogP) is 2.83. The zero-order chi connectivity index (χ0) is 11.4. The molecule has 1 aromatic carbocycles. The Kier molecular flexibility index (Phi) is 3.31. The van der Waals surface area contributed by atoms with Gasteiger partial charge in [0.15, 0.2) is 5.78 Å². The van der Waals surface area contributed by atoms with Crippen LogP contribution in [0.5, 0.6) is 0 Å². The van der Waals surface area contributed by atoms with Crippen molar-refractivity contribution in [3.05, 3.63) is 48.4 Å². The summed E-state index contributed by atoms with van der Waals surface area (Å²) in [6.07, 6.45) is 3.18. The fourth-order valence-electron chi connectivity index (χ4n) is 1.30. The molecule has 0 amide bonds. The lowest BCUT2D eigenvalue weighted by atomic mass is 10.1. The summed E-state index contributed by atoms with van der Waals surface area (Å²) in [5.74, 6) is 0.0668. The largest absolute Gasteiger partial charge is 0.294 e. The van der Waals surface area contributed by atoms with Gasteiger partial charge >= 0.3 is 0 Å². The molecule has 0 unspecified atom stereocenters. The van der Waals surface area contributed by atoms with Crippen molar-refractivity contribution >= 4 is 17.5 Å². The van der Waals surface area contributed by atoms with E-state index in [0.717, 1.165) is 15.5 Å². The molecule has 0 atom stereocenters. The summed E-state index contributed by atoms with van der Waals surface area (Å²) in [6.45, 7) is 1.57. The number of aromatic nitrogens is 2. The van der Waals surface area contributed by atoms with Gasteiger partial charge in [-0.05, 0) is 19.1 Å². The summed E-state index contributed by atoms with van der Waals surface area (Å²) < 4.78 is 0. The monoisotopic (exact) mass is 230 g/mol. The minimum absolute atomic E-state index is 0.0668. The van der Waals surface area contributed by atoms with Crippen molar-refractivity contribution in [1.82, 2.24) is 9.97 Å². The maximum atomic E-state index is 11.4. The van der Waals surface area contributed by atoms with Crippen molar-refractivity contribution in [2.45, 2.75) is 16.8 Å². The lowest BCUT2D eigenvalue weighted by Gasteiger charge is -2.04. The number of hydrogen-bond donors (Lipinski definition) is 0. The Morgan fingerprint density at radius 3 is 2.75 bits per heavy atom. The average molecular weight is 230 g/mol. The maximum absolute atomic E-state index is 11.4. The molecule has 3 nitrogen and oxygen atoms in total. The average Bonchev–Trinajstić information content (AvgIpc) is 2.31. The molecule has 0 fully saturated rings. The lowest BCUT2D eigenvalue weighted by Crippen LogP contribution is -1.94. The van der Waals surface area contributed by atoms with E-state index in [4.69, 9.17) is 0 Å². The summed E-state index contributed by atoms with van der Waals surface area (Å²) in [7, 11) is 0. The van der Waals surface area contributed by atoms with E-state index in [-0.39, 0.29) is 5.78 Å². The third-order valence-corrected chi connectivity index (χ3v) is 3.06. The highest BCUT2D eigenvalue weighted by Gasteiger charge is 2.07. The van der Waals surface area contributed by atoms with Gasteiger partial charge in [0.05, 0.1) is 0 Å². The molecule has 4 heteroatoms. The number of nitrogens with zero attached hydrogens (tertiary/aromatic N) is 2. The Labute approximate surface area is 97.9 Å². The summed E-state index contributed by atoms with van der Waals surface area (Å²) in [5, 5.41) is 0.837. The number of carbonyl (C=O) groups is 1. The number of benzene rings is 1. The van der Waals surface area contributed by atoms with Crippen molar-refractivity contribution in [1.29, 1.82) is 0 Å². The molecule has 0 radical (unpaired) electrons. The Hall–Kier alpha value is -1.68. The van der Waals surface area contributed by atoms with Crippen molar-refractivity contribution in [3.63, 3.8) is 0 Å². The second kappa shape index (κ2) is 4.90. The first kappa shape index (κ1) is 10.8. The maximum Gasteiger partial charge on any atom is 0.160 e. The minimum Gasteiger partial charge on any atom is -0.294 e. The van der Waals surface area contributed by atoms with E-state index >= 15 is 0 Å². The van der Waals surface area contributed by atoms with Crippen LogP contribution >= 0.6 is 11.8 Å². The van der Waals surface area contributed by atoms with Crippen LogP contribution in [-0.4, -0.2) is 15.8 Å². The van der Waals surface area contributed by atoms with Gasteiger partial charge in [-0.25, -0.2) is 9.97 Å². The van der Waals surface area contributed by atoms with Crippen molar-refractivity contribution < 1.29 is 4.79 Å². The molecule has 1 heterocycles. The van der Waals surface area contributed by atoms with E-state index in [0.29, 0.717) is 0 Å². The van der Waals surface area contributed by atoms with Gasteiger partial charge in [0.25, 0.3) is 0 Å². The first-order valence-electron chi connectivity index (χ1n) is 4.81. The summed E-state index contributed by atoms with van der Waals surface area (Å²) in [6, 6.07) is 9.34. The molecule has 1 aromatic heterocycles. The molecule has 0 aliphatic carbocycles. The summed E-state index contributed by atoms with van der Waals surface area (Å²) in [4.78, 5) is 20.3. The van der Waals surface area contributed by atoms with E-state index in [1.807, 2.05) is 30.3 Å². The molecule has 80 valence electrons. The van der Waals surface area contributed by atoms with Crippen LogP contribution in [0.25, 0.3) is 0 Å². The standard InChI is InChI=1S/C12H10N2OS/c1-9(15)10-4-2-3-5-11(10)16-12-6-7-13-8-14-12/h2-8H,1H3. The number of hydrogen-bond acceptors (Lipinski definition) is 4. The van der Waals surface area contributed by atoms with Gasteiger partial charge in [0, 0.05) is 16.7 Å². The number of carbonyl (C=O) groups excluding carboxylic acids is 1. The molecule has 16 heavy (non-hydrogen) atoms. The molecular weight excluding hydrogens is 220 g/mol. The molecule has 0 aliphatic heterocycles. The molecule has 2 rings (SSSR count). The quantitative estimate of drug-likeness (QED) is 0.600. The highest BCUT2D eigenvalue weighted by molar-refractivity contribution is 7.99. The molecule has 0 saturated heterocycles. The zero-order valence-electron chi connectivity index (χ0n) is 8.75. The van der Waals surface area contributed by atoms with Crippen LogP contribution in [0.1, 0.15) is 17.3 Å². The molecule has 0 spiro atoms. The van der Waals surface area contributed by atoms with Crippen LogP contribution in [0.2, 0.25) is 0 Å². The molecular formula is C12H10N2OS. The van der Waals surface area contributed by atoms with Crippen molar-refractivity contribution in [3.8, 4) is 0 Å². The summed E-state index contributed by atoms with van der Waals surface area (Å²) >= 11 is 1.47. The highest BCUT2D eigenvalue weighted by Crippen LogP contribution is 2.28. The SMILES string of the molecule is CC(=O)c1ccccc1Sc1ccncn1. The van der Waals surface area contributed by atoms with Crippen LogP contribution in [0.15, 0.2) is 52.8 Å². The fourth-order valence-corrected chi connectivity index (χ4v) is 2.22. The minimum atomic E-state index is 0.0668. The predicted molar refractivity (Wildman–Crippen MR) is 62.6 cm³/mol. The van der Waals surface area contributed by atoms with E-state index in [2.05, 4.69) is 9.97 Å². The van der Waals surface area contributed by atoms with Gasteiger partial charge < -0.3 is 0 Å². The van der Waals surface area contributed by atoms with Crippen molar-refractivity contribution in [2.24, 2.45) is 0 Å². The van der Waals surface area contributed by atoms with Crippen LogP contribution < -0.4 is 0 Å². The third-order valence-electron chi connectivity index (χ3n) is 2.04. The highest BCUT2D eigenvalue weighted by atomic mass is 32.2. The van der Waals surface area contributed by atoms with Crippen LogP contribution in [0.4, 0.5) is 0 Å².